The number of carbonyl (C=O) groups is 2. The third-order valence-electron chi connectivity index (χ3n) is 5.69. The zero-order chi connectivity index (χ0) is 21.7. The summed E-state index contributed by atoms with van der Waals surface area (Å²) in [5.41, 5.74) is 1.44. The van der Waals surface area contributed by atoms with Crippen LogP contribution in [0.5, 0.6) is 0 Å². The van der Waals surface area contributed by atoms with Gasteiger partial charge in [-0.3, -0.25) is 9.59 Å². The van der Waals surface area contributed by atoms with Gasteiger partial charge in [0.1, 0.15) is 11.2 Å². The molecule has 0 aliphatic carbocycles. The predicted molar refractivity (Wildman–Crippen MR) is 117 cm³/mol. The zero-order valence-electron chi connectivity index (χ0n) is 17.8. The van der Waals surface area contributed by atoms with Crippen LogP contribution < -0.4 is 0 Å². The number of unbranched alkanes of at least 4 members (excludes halogenated alkanes) is 1. The summed E-state index contributed by atoms with van der Waals surface area (Å²) < 4.78 is 0. The van der Waals surface area contributed by atoms with Gasteiger partial charge in [0, 0.05) is 20.0 Å². The predicted octanol–water partition coefficient (Wildman–Crippen LogP) is 4.00. The van der Waals surface area contributed by atoms with Crippen LogP contribution in [-0.2, 0) is 16.0 Å². The minimum Gasteiger partial charge on any atom is -0.323 e. The normalized spacial score (nSPS) is 20.5. The van der Waals surface area contributed by atoms with E-state index >= 15 is 0 Å². The molecule has 0 saturated carbocycles. The molecule has 154 valence electrons. The summed E-state index contributed by atoms with van der Waals surface area (Å²) in [7, 11) is 1.64. The number of nitrogens with zero attached hydrogens (tertiary/aromatic N) is 3. The topological polar surface area (TPSA) is 64.4 Å². The van der Waals surface area contributed by atoms with E-state index in [1.807, 2.05) is 43.3 Å². The monoisotopic (exact) mass is 401 g/mol. The van der Waals surface area contributed by atoms with E-state index in [-0.39, 0.29) is 11.8 Å². The fourth-order valence-corrected chi connectivity index (χ4v) is 3.95. The highest BCUT2D eigenvalue weighted by molar-refractivity contribution is 6.09. The molecule has 2 aromatic carbocycles. The van der Waals surface area contributed by atoms with E-state index < -0.39 is 5.54 Å². The smallest absolute Gasteiger partial charge is 0.271 e. The summed E-state index contributed by atoms with van der Waals surface area (Å²) in [5, 5.41) is 9.39. The first-order valence-electron chi connectivity index (χ1n) is 10.3. The van der Waals surface area contributed by atoms with E-state index in [1.165, 1.54) is 4.90 Å². The molecule has 30 heavy (non-hydrogen) atoms. The lowest BCUT2D eigenvalue weighted by atomic mass is 9.86. The first-order chi connectivity index (χ1) is 14.4. The first-order valence-corrected chi connectivity index (χ1v) is 10.3. The van der Waals surface area contributed by atoms with Crippen LogP contribution >= 0.6 is 0 Å². The number of amides is 2. The number of carbonyl (C=O) groups excluding carboxylic acids is 2. The van der Waals surface area contributed by atoms with Crippen LogP contribution in [0, 0.1) is 11.3 Å². The van der Waals surface area contributed by atoms with Crippen molar-refractivity contribution < 1.29 is 9.59 Å². The van der Waals surface area contributed by atoms with Crippen molar-refractivity contribution >= 4 is 17.9 Å². The zero-order valence-corrected chi connectivity index (χ0v) is 17.8. The average Bonchev–Trinajstić information content (AvgIpc) is 2.76. The van der Waals surface area contributed by atoms with E-state index in [0.29, 0.717) is 29.8 Å². The molecule has 1 atom stereocenters. The SMILES string of the molecule is CCCCN1C(=O)C(=Cc2ccccc2C#N)N(C)C(=O)C1(C)Cc1ccccc1. The number of piperazine rings is 1. The molecule has 5 heteroatoms. The van der Waals surface area contributed by atoms with Crippen LogP contribution in [-0.4, -0.2) is 40.7 Å². The Labute approximate surface area is 178 Å². The van der Waals surface area contributed by atoms with Gasteiger partial charge in [-0.15, -0.1) is 0 Å². The number of hydrogen-bond donors (Lipinski definition) is 0. The van der Waals surface area contributed by atoms with Gasteiger partial charge in [0.05, 0.1) is 11.6 Å². The molecule has 1 aliphatic rings. The number of hydrogen-bond acceptors (Lipinski definition) is 3. The van der Waals surface area contributed by atoms with Crippen LogP contribution in [0.25, 0.3) is 6.08 Å². The Morgan fingerprint density at radius 3 is 2.40 bits per heavy atom. The summed E-state index contributed by atoms with van der Waals surface area (Å²) in [4.78, 5) is 30.3. The van der Waals surface area contributed by atoms with Gasteiger partial charge in [-0.25, -0.2) is 0 Å². The number of likely N-dealkylation sites (N-methyl/N-ethyl adjacent to an activating group) is 1. The molecule has 1 fully saturated rings. The number of nitriles is 1. The summed E-state index contributed by atoms with van der Waals surface area (Å²) in [6, 6.07) is 19.0. The van der Waals surface area contributed by atoms with Crippen LogP contribution in [0.2, 0.25) is 0 Å². The maximum atomic E-state index is 13.6. The molecular weight excluding hydrogens is 374 g/mol. The Morgan fingerprint density at radius 1 is 1.07 bits per heavy atom. The lowest BCUT2D eigenvalue weighted by Crippen LogP contribution is -2.66. The van der Waals surface area contributed by atoms with Crippen molar-refractivity contribution in [1.82, 2.24) is 9.80 Å². The maximum absolute atomic E-state index is 13.6. The van der Waals surface area contributed by atoms with E-state index in [2.05, 4.69) is 13.0 Å². The van der Waals surface area contributed by atoms with Crippen molar-refractivity contribution in [2.24, 2.45) is 0 Å². The van der Waals surface area contributed by atoms with E-state index in [1.54, 1.807) is 36.2 Å². The summed E-state index contributed by atoms with van der Waals surface area (Å²) in [6.07, 6.45) is 3.84. The molecule has 1 saturated heterocycles. The molecule has 0 spiro atoms. The van der Waals surface area contributed by atoms with E-state index in [9.17, 15) is 14.9 Å². The average molecular weight is 402 g/mol. The third kappa shape index (κ3) is 3.99. The van der Waals surface area contributed by atoms with Gasteiger partial charge in [-0.05, 0) is 36.6 Å². The van der Waals surface area contributed by atoms with Gasteiger partial charge >= 0.3 is 0 Å². The second-order valence-corrected chi connectivity index (χ2v) is 7.84. The van der Waals surface area contributed by atoms with Gasteiger partial charge in [0.25, 0.3) is 11.8 Å². The molecule has 3 rings (SSSR count). The largest absolute Gasteiger partial charge is 0.323 e. The Hall–Kier alpha value is -3.39. The fraction of sp³-hybridized carbons (Fsp3) is 0.320. The molecule has 5 nitrogen and oxygen atoms in total. The molecule has 1 heterocycles. The van der Waals surface area contributed by atoms with Crippen molar-refractivity contribution in [3.63, 3.8) is 0 Å². The molecular formula is C25H27N3O2. The molecule has 2 amide bonds. The second-order valence-electron chi connectivity index (χ2n) is 7.84. The molecule has 0 N–H and O–H groups in total. The van der Waals surface area contributed by atoms with Crippen LogP contribution in [0.4, 0.5) is 0 Å². The third-order valence-corrected chi connectivity index (χ3v) is 5.69. The van der Waals surface area contributed by atoms with Crippen molar-refractivity contribution in [2.45, 2.75) is 38.6 Å². The van der Waals surface area contributed by atoms with E-state index in [4.69, 9.17) is 0 Å². The van der Waals surface area contributed by atoms with Crippen LogP contribution in [0.3, 0.4) is 0 Å². The summed E-state index contributed by atoms with van der Waals surface area (Å²) >= 11 is 0. The van der Waals surface area contributed by atoms with Crippen molar-refractivity contribution in [1.29, 1.82) is 5.26 Å². The summed E-state index contributed by atoms with van der Waals surface area (Å²) in [5.74, 6) is -0.306. The van der Waals surface area contributed by atoms with Crippen LogP contribution in [0.15, 0.2) is 60.3 Å². The number of rotatable bonds is 6. The van der Waals surface area contributed by atoms with Gasteiger partial charge in [0.15, 0.2) is 0 Å². The molecule has 0 aromatic heterocycles. The molecule has 2 aromatic rings. The Balaban J connectivity index is 2.05. The van der Waals surface area contributed by atoms with Crippen molar-refractivity contribution in [2.75, 3.05) is 13.6 Å². The summed E-state index contributed by atoms with van der Waals surface area (Å²) in [6.45, 7) is 4.43. The highest BCUT2D eigenvalue weighted by Crippen LogP contribution is 2.33. The molecule has 1 unspecified atom stereocenters. The minimum atomic E-state index is -0.964. The number of benzene rings is 2. The van der Waals surface area contributed by atoms with Gasteiger partial charge in [0.2, 0.25) is 0 Å². The van der Waals surface area contributed by atoms with Crippen molar-refractivity contribution in [3.8, 4) is 6.07 Å². The second kappa shape index (κ2) is 8.96. The molecule has 1 aliphatic heterocycles. The fourth-order valence-electron chi connectivity index (χ4n) is 3.95. The van der Waals surface area contributed by atoms with Gasteiger partial charge < -0.3 is 9.80 Å². The highest BCUT2D eigenvalue weighted by Gasteiger charge is 2.50. The Bertz CT molecular complexity index is 1010. The lowest BCUT2D eigenvalue weighted by molar-refractivity contribution is -0.157. The van der Waals surface area contributed by atoms with Gasteiger partial charge in [-0.2, -0.15) is 5.26 Å². The lowest BCUT2D eigenvalue weighted by Gasteiger charge is -2.47. The van der Waals surface area contributed by atoms with Gasteiger partial charge in [-0.1, -0.05) is 61.9 Å². The maximum Gasteiger partial charge on any atom is 0.271 e. The Kier molecular flexibility index (Phi) is 6.37. The standard InChI is InChI=1S/C25H27N3O2/c1-4-5-15-28-23(29)22(16-20-13-9-10-14-21(20)18-26)27(3)24(30)25(28,2)17-19-11-7-6-8-12-19/h6-14,16H,4-5,15,17H2,1-3H3. The molecule has 0 radical (unpaired) electrons. The van der Waals surface area contributed by atoms with Crippen LogP contribution in [0.1, 0.15) is 43.4 Å². The first kappa shape index (κ1) is 21.3. The van der Waals surface area contributed by atoms with E-state index in [0.717, 1.165) is 18.4 Å². The quantitative estimate of drug-likeness (QED) is 0.687. The highest BCUT2D eigenvalue weighted by atomic mass is 16.2. The minimum absolute atomic E-state index is 0.122. The molecule has 0 bridgehead atoms. The van der Waals surface area contributed by atoms with Crippen molar-refractivity contribution in [3.05, 3.63) is 77.0 Å². The Morgan fingerprint density at radius 2 is 1.73 bits per heavy atom.